The second-order valence-corrected chi connectivity index (χ2v) is 3.20. The average Bonchev–Trinajstić information content (AvgIpc) is 2.31. The minimum Gasteiger partial charge on any atom is -0.494 e. The van der Waals surface area contributed by atoms with Gasteiger partial charge >= 0.3 is 0 Å². The number of aliphatic hydroxyl groups is 1. The predicted octanol–water partition coefficient (Wildman–Crippen LogP) is 0.343. The molecular weight excluding hydrogens is 208 g/mol. The van der Waals surface area contributed by atoms with Crippen LogP contribution in [0.25, 0.3) is 0 Å². The minimum atomic E-state index is -1.17. The standard InChI is InChI=1S/C11H16N2O3/c1-2-16-9-5-3-8(4-6-9)13-11(15)10(14)7-12/h3-6,10,14H,2,7,12H2,1H3,(H,13,15). The number of hydrogen-bond acceptors (Lipinski definition) is 4. The third-order valence-corrected chi connectivity index (χ3v) is 1.96. The molecule has 0 radical (unpaired) electrons. The number of anilines is 1. The van der Waals surface area contributed by atoms with Gasteiger partial charge in [-0.2, -0.15) is 0 Å². The van der Waals surface area contributed by atoms with Crippen LogP contribution in [0, 0.1) is 0 Å². The van der Waals surface area contributed by atoms with Crippen molar-refractivity contribution in [3.05, 3.63) is 24.3 Å². The summed E-state index contributed by atoms with van der Waals surface area (Å²) < 4.78 is 5.25. The molecular formula is C11H16N2O3. The summed E-state index contributed by atoms with van der Waals surface area (Å²) >= 11 is 0. The van der Waals surface area contributed by atoms with E-state index in [0.717, 1.165) is 5.75 Å². The fourth-order valence-electron chi connectivity index (χ4n) is 1.13. The molecule has 4 N–H and O–H groups in total. The number of nitrogens with one attached hydrogen (secondary N) is 1. The number of carbonyl (C=O) groups excluding carboxylic acids is 1. The van der Waals surface area contributed by atoms with Crippen molar-refractivity contribution in [2.45, 2.75) is 13.0 Å². The van der Waals surface area contributed by atoms with Crippen LogP contribution >= 0.6 is 0 Å². The Balaban J connectivity index is 2.58. The van der Waals surface area contributed by atoms with Gasteiger partial charge in [-0.05, 0) is 31.2 Å². The minimum absolute atomic E-state index is 0.0944. The van der Waals surface area contributed by atoms with Gasteiger partial charge in [-0.1, -0.05) is 0 Å². The Morgan fingerprint density at radius 3 is 2.62 bits per heavy atom. The van der Waals surface area contributed by atoms with Crippen LogP contribution < -0.4 is 15.8 Å². The van der Waals surface area contributed by atoms with Gasteiger partial charge in [0.2, 0.25) is 0 Å². The van der Waals surface area contributed by atoms with Crippen LogP contribution in [0.4, 0.5) is 5.69 Å². The summed E-state index contributed by atoms with van der Waals surface area (Å²) in [6, 6.07) is 6.89. The largest absolute Gasteiger partial charge is 0.494 e. The van der Waals surface area contributed by atoms with Crippen molar-refractivity contribution in [2.75, 3.05) is 18.5 Å². The molecule has 1 rings (SSSR count). The van der Waals surface area contributed by atoms with Crippen molar-refractivity contribution in [1.82, 2.24) is 0 Å². The van der Waals surface area contributed by atoms with Gasteiger partial charge in [0.15, 0.2) is 0 Å². The molecule has 5 heteroatoms. The number of rotatable bonds is 5. The van der Waals surface area contributed by atoms with Crippen molar-refractivity contribution >= 4 is 11.6 Å². The van der Waals surface area contributed by atoms with Crippen LogP contribution in [0.2, 0.25) is 0 Å². The normalized spacial score (nSPS) is 11.9. The Hall–Kier alpha value is -1.59. The lowest BCUT2D eigenvalue weighted by atomic mass is 10.2. The summed E-state index contributed by atoms with van der Waals surface area (Å²) in [5.74, 6) is 0.228. The molecule has 1 unspecified atom stereocenters. The van der Waals surface area contributed by atoms with E-state index in [2.05, 4.69) is 5.32 Å². The maximum absolute atomic E-state index is 11.3. The lowest BCUT2D eigenvalue weighted by molar-refractivity contribution is -0.123. The summed E-state index contributed by atoms with van der Waals surface area (Å²) in [4.78, 5) is 11.3. The zero-order valence-electron chi connectivity index (χ0n) is 9.14. The highest BCUT2D eigenvalue weighted by Gasteiger charge is 2.12. The molecule has 0 aliphatic heterocycles. The molecule has 0 aliphatic rings. The van der Waals surface area contributed by atoms with Crippen LogP contribution in [-0.4, -0.2) is 30.3 Å². The molecule has 1 aromatic carbocycles. The van der Waals surface area contributed by atoms with E-state index in [9.17, 15) is 4.79 Å². The highest BCUT2D eigenvalue weighted by Crippen LogP contribution is 2.15. The van der Waals surface area contributed by atoms with Crippen LogP contribution in [-0.2, 0) is 4.79 Å². The van der Waals surface area contributed by atoms with E-state index in [0.29, 0.717) is 12.3 Å². The summed E-state index contributed by atoms with van der Waals surface area (Å²) in [5, 5.41) is 11.7. The van der Waals surface area contributed by atoms with Crippen molar-refractivity contribution in [2.24, 2.45) is 5.73 Å². The first kappa shape index (κ1) is 12.5. The Morgan fingerprint density at radius 2 is 2.12 bits per heavy atom. The molecule has 1 atom stereocenters. The predicted molar refractivity (Wildman–Crippen MR) is 61.3 cm³/mol. The van der Waals surface area contributed by atoms with Crippen LogP contribution in [0.3, 0.4) is 0 Å². The second-order valence-electron chi connectivity index (χ2n) is 3.20. The number of benzene rings is 1. The van der Waals surface area contributed by atoms with E-state index in [4.69, 9.17) is 15.6 Å². The first-order valence-electron chi connectivity index (χ1n) is 5.09. The Bertz CT molecular complexity index is 338. The molecule has 5 nitrogen and oxygen atoms in total. The fourth-order valence-corrected chi connectivity index (χ4v) is 1.13. The van der Waals surface area contributed by atoms with Crippen molar-refractivity contribution in [3.63, 3.8) is 0 Å². The molecule has 0 aromatic heterocycles. The maximum atomic E-state index is 11.3. The van der Waals surface area contributed by atoms with E-state index in [1.807, 2.05) is 6.92 Å². The molecule has 0 bridgehead atoms. The van der Waals surface area contributed by atoms with E-state index in [1.54, 1.807) is 24.3 Å². The smallest absolute Gasteiger partial charge is 0.254 e. The average molecular weight is 224 g/mol. The second kappa shape index (κ2) is 6.09. The van der Waals surface area contributed by atoms with Crippen LogP contribution in [0.5, 0.6) is 5.75 Å². The summed E-state index contributed by atoms with van der Waals surface area (Å²) in [6.45, 7) is 2.40. The molecule has 0 fully saturated rings. The monoisotopic (exact) mass is 224 g/mol. The van der Waals surface area contributed by atoms with Gasteiger partial charge in [-0.3, -0.25) is 4.79 Å². The Labute approximate surface area is 94.2 Å². The summed E-state index contributed by atoms with van der Waals surface area (Å²) in [7, 11) is 0. The molecule has 1 aromatic rings. The Kier molecular flexibility index (Phi) is 4.75. The number of aliphatic hydroxyl groups excluding tert-OH is 1. The number of amides is 1. The van der Waals surface area contributed by atoms with Gasteiger partial charge in [0.25, 0.3) is 5.91 Å². The van der Waals surface area contributed by atoms with E-state index >= 15 is 0 Å². The van der Waals surface area contributed by atoms with Gasteiger partial charge in [0.1, 0.15) is 11.9 Å². The number of carbonyl (C=O) groups is 1. The molecule has 88 valence electrons. The highest BCUT2D eigenvalue weighted by atomic mass is 16.5. The first-order chi connectivity index (χ1) is 7.67. The zero-order valence-corrected chi connectivity index (χ0v) is 9.14. The van der Waals surface area contributed by atoms with Gasteiger partial charge in [-0.25, -0.2) is 0 Å². The van der Waals surface area contributed by atoms with Gasteiger partial charge in [0, 0.05) is 12.2 Å². The summed E-state index contributed by atoms with van der Waals surface area (Å²) in [5.41, 5.74) is 5.76. The molecule has 0 saturated heterocycles. The van der Waals surface area contributed by atoms with Crippen LogP contribution in [0.15, 0.2) is 24.3 Å². The van der Waals surface area contributed by atoms with E-state index < -0.39 is 12.0 Å². The van der Waals surface area contributed by atoms with Crippen molar-refractivity contribution < 1.29 is 14.6 Å². The van der Waals surface area contributed by atoms with Gasteiger partial charge < -0.3 is 20.9 Å². The third kappa shape index (κ3) is 3.52. The zero-order chi connectivity index (χ0) is 12.0. The quantitative estimate of drug-likeness (QED) is 0.673. The highest BCUT2D eigenvalue weighted by molar-refractivity contribution is 5.94. The number of nitrogens with two attached hydrogens (primary N) is 1. The SMILES string of the molecule is CCOc1ccc(NC(=O)C(O)CN)cc1. The van der Waals surface area contributed by atoms with E-state index in [-0.39, 0.29) is 6.54 Å². The molecule has 0 spiro atoms. The molecule has 0 saturated carbocycles. The Morgan fingerprint density at radius 1 is 1.50 bits per heavy atom. The van der Waals surface area contributed by atoms with Gasteiger partial charge in [0.05, 0.1) is 6.61 Å². The summed E-state index contributed by atoms with van der Waals surface area (Å²) in [6.07, 6.45) is -1.17. The van der Waals surface area contributed by atoms with Crippen molar-refractivity contribution in [3.8, 4) is 5.75 Å². The van der Waals surface area contributed by atoms with Crippen LogP contribution in [0.1, 0.15) is 6.92 Å². The first-order valence-corrected chi connectivity index (χ1v) is 5.09. The third-order valence-electron chi connectivity index (χ3n) is 1.96. The van der Waals surface area contributed by atoms with Crippen molar-refractivity contribution in [1.29, 1.82) is 0 Å². The lowest BCUT2D eigenvalue weighted by Crippen LogP contribution is -2.34. The maximum Gasteiger partial charge on any atom is 0.254 e. The molecule has 0 heterocycles. The molecule has 1 amide bonds. The topological polar surface area (TPSA) is 84.6 Å². The molecule has 0 aliphatic carbocycles. The number of ether oxygens (including phenoxy) is 1. The van der Waals surface area contributed by atoms with E-state index in [1.165, 1.54) is 0 Å². The number of hydrogen-bond donors (Lipinski definition) is 3. The molecule has 16 heavy (non-hydrogen) atoms. The lowest BCUT2D eigenvalue weighted by Gasteiger charge is -2.09. The fraction of sp³-hybridized carbons (Fsp3) is 0.364. The van der Waals surface area contributed by atoms with Gasteiger partial charge in [-0.15, -0.1) is 0 Å².